The van der Waals surface area contributed by atoms with Crippen molar-refractivity contribution < 1.29 is 22.7 Å². The number of ether oxygens (including phenoxy) is 2. The van der Waals surface area contributed by atoms with Crippen LogP contribution in [0.25, 0.3) is 6.08 Å². The molecule has 0 aromatic heterocycles. The molecule has 1 heterocycles. The Kier molecular flexibility index (Phi) is 6.66. The number of methoxy groups -OCH3 is 1. The monoisotopic (exact) mass is 465 g/mol. The van der Waals surface area contributed by atoms with Crippen LogP contribution >= 0.6 is 15.9 Å². The van der Waals surface area contributed by atoms with E-state index >= 15 is 0 Å². The van der Waals surface area contributed by atoms with Gasteiger partial charge in [0.2, 0.25) is 10.0 Å². The number of halogens is 1. The lowest BCUT2D eigenvalue weighted by Gasteiger charge is -2.26. The maximum atomic E-state index is 12.6. The molecule has 0 amide bonds. The zero-order chi connectivity index (χ0) is 20.1. The average Bonchev–Trinajstić information content (AvgIpc) is 2.73. The average molecular weight is 466 g/mol. The van der Waals surface area contributed by atoms with Crippen LogP contribution in [0.1, 0.15) is 15.9 Å². The molecule has 0 aliphatic carbocycles. The molecule has 0 bridgehead atoms. The highest BCUT2D eigenvalue weighted by Gasteiger charge is 2.26. The predicted octanol–water partition coefficient (Wildman–Crippen LogP) is 3.37. The maximum Gasteiger partial charge on any atom is 0.243 e. The summed E-state index contributed by atoms with van der Waals surface area (Å²) in [5.74, 6) is 0.427. The van der Waals surface area contributed by atoms with Crippen molar-refractivity contribution >= 4 is 37.8 Å². The molecule has 2 aromatic carbocycles. The molecule has 2 aromatic rings. The summed E-state index contributed by atoms with van der Waals surface area (Å²) in [6.45, 7) is 1.44. The van der Waals surface area contributed by atoms with Gasteiger partial charge < -0.3 is 9.47 Å². The Morgan fingerprint density at radius 1 is 1.14 bits per heavy atom. The van der Waals surface area contributed by atoms with E-state index in [-0.39, 0.29) is 10.7 Å². The molecule has 0 radical (unpaired) electrons. The molecule has 1 saturated heterocycles. The van der Waals surface area contributed by atoms with Crippen molar-refractivity contribution in [3.8, 4) is 5.75 Å². The Balaban J connectivity index is 1.76. The molecule has 148 valence electrons. The van der Waals surface area contributed by atoms with Gasteiger partial charge in [-0.1, -0.05) is 15.9 Å². The van der Waals surface area contributed by atoms with Crippen LogP contribution in [0.15, 0.2) is 57.9 Å². The van der Waals surface area contributed by atoms with Crippen LogP contribution in [0, 0.1) is 0 Å². The van der Waals surface area contributed by atoms with E-state index in [1.54, 1.807) is 19.3 Å². The molecular weight excluding hydrogens is 446 g/mol. The second kappa shape index (κ2) is 9.00. The third-order valence-corrected chi connectivity index (χ3v) is 6.76. The zero-order valence-corrected chi connectivity index (χ0v) is 17.7. The summed E-state index contributed by atoms with van der Waals surface area (Å²) >= 11 is 3.39. The third kappa shape index (κ3) is 4.70. The molecule has 28 heavy (non-hydrogen) atoms. The van der Waals surface area contributed by atoms with Crippen LogP contribution in [-0.4, -0.2) is 51.9 Å². The highest BCUT2D eigenvalue weighted by atomic mass is 79.9. The van der Waals surface area contributed by atoms with Gasteiger partial charge in [0, 0.05) is 28.7 Å². The molecule has 8 heteroatoms. The molecule has 0 atom stereocenters. The number of rotatable bonds is 6. The molecule has 0 spiro atoms. The van der Waals surface area contributed by atoms with Crippen molar-refractivity contribution in [1.82, 2.24) is 4.31 Å². The van der Waals surface area contributed by atoms with Gasteiger partial charge in [-0.2, -0.15) is 4.31 Å². The lowest BCUT2D eigenvalue weighted by Crippen LogP contribution is -2.40. The molecule has 0 N–H and O–H groups in total. The first-order valence-corrected chi connectivity index (χ1v) is 10.9. The minimum atomic E-state index is -3.57. The summed E-state index contributed by atoms with van der Waals surface area (Å²) in [5, 5.41) is 0. The lowest BCUT2D eigenvalue weighted by molar-refractivity contribution is 0.0730. The molecule has 3 rings (SSSR count). The van der Waals surface area contributed by atoms with E-state index in [4.69, 9.17) is 9.47 Å². The van der Waals surface area contributed by atoms with Crippen molar-refractivity contribution in [2.45, 2.75) is 4.90 Å². The Hall–Kier alpha value is -2.00. The first-order chi connectivity index (χ1) is 13.4. The van der Waals surface area contributed by atoms with Gasteiger partial charge in [0.25, 0.3) is 0 Å². The number of sulfonamides is 1. The number of morpholine rings is 1. The molecule has 6 nitrogen and oxygen atoms in total. The highest BCUT2D eigenvalue weighted by molar-refractivity contribution is 9.10. The second-order valence-corrected chi connectivity index (χ2v) is 8.98. The Bertz CT molecular complexity index is 980. The third-order valence-electron chi connectivity index (χ3n) is 4.35. The number of nitrogens with zero attached hydrogens (tertiary/aromatic N) is 1. The first-order valence-electron chi connectivity index (χ1n) is 8.66. The fourth-order valence-corrected chi connectivity index (χ4v) is 4.61. The van der Waals surface area contributed by atoms with Gasteiger partial charge in [-0.3, -0.25) is 4.79 Å². The largest absolute Gasteiger partial charge is 0.496 e. The molecule has 0 saturated carbocycles. The second-order valence-electron chi connectivity index (χ2n) is 6.12. The molecule has 0 unspecified atom stereocenters. The number of ketones is 1. The van der Waals surface area contributed by atoms with E-state index in [0.29, 0.717) is 37.6 Å². The molecular formula is C20H20BrNO5S. The number of hydrogen-bond donors (Lipinski definition) is 0. The maximum absolute atomic E-state index is 12.6. The lowest BCUT2D eigenvalue weighted by atomic mass is 10.1. The first kappa shape index (κ1) is 20.7. The van der Waals surface area contributed by atoms with Crippen molar-refractivity contribution in [3.05, 3.63) is 64.1 Å². The van der Waals surface area contributed by atoms with E-state index in [9.17, 15) is 13.2 Å². The van der Waals surface area contributed by atoms with Crippen LogP contribution in [0.4, 0.5) is 0 Å². The molecule has 1 fully saturated rings. The van der Waals surface area contributed by atoms with Crippen LogP contribution in [0.5, 0.6) is 5.75 Å². The van der Waals surface area contributed by atoms with E-state index in [2.05, 4.69) is 15.9 Å². The number of carbonyl (C=O) groups is 1. The quantitative estimate of drug-likeness (QED) is 0.482. The number of benzene rings is 2. The predicted molar refractivity (Wildman–Crippen MR) is 110 cm³/mol. The summed E-state index contributed by atoms with van der Waals surface area (Å²) < 4.78 is 38.0. The minimum absolute atomic E-state index is 0.170. The fraction of sp³-hybridized carbons (Fsp3) is 0.250. The highest BCUT2D eigenvalue weighted by Crippen LogP contribution is 2.24. The van der Waals surface area contributed by atoms with Crippen molar-refractivity contribution in [2.75, 3.05) is 33.4 Å². The van der Waals surface area contributed by atoms with Gasteiger partial charge in [-0.25, -0.2) is 8.42 Å². The molecule has 1 aliphatic heterocycles. The van der Waals surface area contributed by atoms with Gasteiger partial charge in [0.05, 0.1) is 25.2 Å². The van der Waals surface area contributed by atoms with Gasteiger partial charge in [-0.15, -0.1) is 0 Å². The van der Waals surface area contributed by atoms with Gasteiger partial charge in [-0.05, 0) is 54.6 Å². The van der Waals surface area contributed by atoms with Crippen LogP contribution in [0.3, 0.4) is 0 Å². The minimum Gasteiger partial charge on any atom is -0.496 e. The van der Waals surface area contributed by atoms with E-state index < -0.39 is 10.0 Å². The Morgan fingerprint density at radius 2 is 1.82 bits per heavy atom. The smallest absolute Gasteiger partial charge is 0.243 e. The van der Waals surface area contributed by atoms with E-state index in [0.717, 1.165) is 10.0 Å². The Labute approximate surface area is 172 Å². The van der Waals surface area contributed by atoms with Gasteiger partial charge in [0.15, 0.2) is 5.78 Å². The van der Waals surface area contributed by atoms with Gasteiger partial charge in [0.1, 0.15) is 5.75 Å². The van der Waals surface area contributed by atoms with E-state index in [1.807, 2.05) is 12.1 Å². The summed E-state index contributed by atoms with van der Waals surface area (Å²) in [6, 6.07) is 11.5. The summed E-state index contributed by atoms with van der Waals surface area (Å²) in [4.78, 5) is 12.6. The zero-order valence-electron chi connectivity index (χ0n) is 15.3. The standard InChI is InChI=1S/C20H20BrNO5S/c1-26-20-9-5-17(21)14-16(20)4-8-19(23)15-2-6-18(7-3-15)28(24,25)22-10-12-27-13-11-22/h2-9,14H,10-13H2,1H3/b8-4+. The Morgan fingerprint density at radius 3 is 2.46 bits per heavy atom. The van der Waals surface area contributed by atoms with Crippen LogP contribution < -0.4 is 4.74 Å². The fourth-order valence-electron chi connectivity index (χ4n) is 2.82. The molecule has 1 aliphatic rings. The van der Waals surface area contributed by atoms with E-state index in [1.165, 1.54) is 34.6 Å². The van der Waals surface area contributed by atoms with Crippen LogP contribution in [-0.2, 0) is 14.8 Å². The van der Waals surface area contributed by atoms with Crippen molar-refractivity contribution in [1.29, 1.82) is 0 Å². The summed E-state index contributed by atoms with van der Waals surface area (Å²) in [7, 11) is -2.01. The number of carbonyl (C=O) groups excluding carboxylic acids is 1. The SMILES string of the molecule is COc1ccc(Br)cc1/C=C/C(=O)c1ccc(S(=O)(=O)N2CCOCC2)cc1. The van der Waals surface area contributed by atoms with Gasteiger partial charge >= 0.3 is 0 Å². The van der Waals surface area contributed by atoms with Crippen LogP contribution in [0.2, 0.25) is 0 Å². The summed E-state index contributed by atoms with van der Waals surface area (Å²) in [6.07, 6.45) is 3.11. The summed E-state index contributed by atoms with van der Waals surface area (Å²) in [5.41, 5.74) is 1.17. The number of hydrogen-bond acceptors (Lipinski definition) is 5. The number of allylic oxidation sites excluding steroid dienone is 1. The van der Waals surface area contributed by atoms with Crippen molar-refractivity contribution in [2.24, 2.45) is 0 Å². The van der Waals surface area contributed by atoms with Crippen molar-refractivity contribution in [3.63, 3.8) is 0 Å². The normalized spacial score (nSPS) is 15.6. The topological polar surface area (TPSA) is 72.9 Å².